The quantitative estimate of drug-likeness (QED) is 0.508. The molecule has 2 aromatic carbocycles. The number of methoxy groups -OCH3 is 1. The number of nitrogens with one attached hydrogen (secondary N) is 1. The van der Waals surface area contributed by atoms with Crippen LogP contribution in [0.1, 0.15) is 15.9 Å². The average molecular weight is 393 g/mol. The van der Waals surface area contributed by atoms with Gasteiger partial charge in [-0.15, -0.1) is 0 Å². The molecule has 0 aliphatic carbocycles. The van der Waals surface area contributed by atoms with Crippen LogP contribution in [-0.2, 0) is 11.3 Å². The third kappa shape index (κ3) is 3.42. The Labute approximate surface area is 166 Å². The third-order valence-electron chi connectivity index (χ3n) is 4.39. The number of rotatable bonds is 5. The lowest BCUT2D eigenvalue weighted by atomic mass is 10.1. The van der Waals surface area contributed by atoms with Gasteiger partial charge in [0.1, 0.15) is 11.5 Å². The number of nitrogens with zero attached hydrogens (tertiary/aromatic N) is 3. The topological polar surface area (TPSA) is 68.5 Å². The fourth-order valence-electron chi connectivity index (χ4n) is 2.96. The van der Waals surface area contributed by atoms with E-state index in [1.54, 1.807) is 18.3 Å². The molecule has 1 N–H and O–H groups in total. The van der Waals surface area contributed by atoms with Crippen molar-refractivity contribution >= 4 is 29.2 Å². The molecule has 0 radical (unpaired) electrons. The predicted octanol–water partition coefficient (Wildman–Crippen LogP) is 4.45. The van der Waals surface area contributed by atoms with Gasteiger partial charge < -0.3 is 10.1 Å². The van der Waals surface area contributed by atoms with Gasteiger partial charge in [0, 0.05) is 29.5 Å². The lowest BCUT2D eigenvalue weighted by molar-refractivity contribution is 0.0601. The predicted molar refractivity (Wildman–Crippen MR) is 109 cm³/mol. The molecular formula is C21H17ClN4O2. The molecular weight excluding hydrogens is 376 g/mol. The Balaban J connectivity index is 1.73. The Bertz CT molecular complexity index is 1140. The maximum Gasteiger partial charge on any atom is 0.337 e. The van der Waals surface area contributed by atoms with E-state index in [1.165, 1.54) is 7.11 Å². The number of ether oxygens (including phenoxy) is 1. The van der Waals surface area contributed by atoms with Crippen molar-refractivity contribution in [1.29, 1.82) is 0 Å². The van der Waals surface area contributed by atoms with Crippen LogP contribution >= 0.6 is 11.6 Å². The molecule has 0 spiro atoms. The summed E-state index contributed by atoms with van der Waals surface area (Å²) in [5.41, 5.74) is 3.07. The first-order chi connectivity index (χ1) is 13.7. The molecule has 0 unspecified atom stereocenters. The van der Waals surface area contributed by atoms with Crippen molar-refractivity contribution < 1.29 is 9.53 Å². The first-order valence-corrected chi connectivity index (χ1v) is 9.04. The number of esters is 1. The highest BCUT2D eigenvalue weighted by molar-refractivity contribution is 6.31. The van der Waals surface area contributed by atoms with Gasteiger partial charge in [-0.05, 0) is 29.8 Å². The van der Waals surface area contributed by atoms with E-state index in [1.807, 2.05) is 53.1 Å². The first kappa shape index (κ1) is 18.0. The largest absolute Gasteiger partial charge is 0.465 e. The summed E-state index contributed by atoms with van der Waals surface area (Å²) in [5.74, 6) is 1.00. The van der Waals surface area contributed by atoms with E-state index < -0.39 is 0 Å². The van der Waals surface area contributed by atoms with Crippen molar-refractivity contribution in [3.05, 3.63) is 83.1 Å². The lowest BCUT2D eigenvalue weighted by Crippen LogP contribution is -2.04. The van der Waals surface area contributed by atoms with E-state index >= 15 is 0 Å². The minimum Gasteiger partial charge on any atom is -0.465 e. The second kappa shape index (κ2) is 7.70. The maximum atomic E-state index is 11.7. The molecule has 0 bridgehead atoms. The highest BCUT2D eigenvalue weighted by atomic mass is 35.5. The van der Waals surface area contributed by atoms with E-state index in [0.29, 0.717) is 22.9 Å². The Hall–Kier alpha value is -3.38. The second-order valence-corrected chi connectivity index (χ2v) is 6.52. The van der Waals surface area contributed by atoms with E-state index in [-0.39, 0.29) is 5.97 Å². The van der Waals surface area contributed by atoms with Crippen LogP contribution in [0.2, 0.25) is 5.02 Å². The fraction of sp³-hybridized carbons (Fsp3) is 0.0952. The van der Waals surface area contributed by atoms with Gasteiger partial charge >= 0.3 is 5.97 Å². The molecule has 0 saturated carbocycles. The Morgan fingerprint density at radius 3 is 2.68 bits per heavy atom. The molecule has 6 nitrogen and oxygen atoms in total. The number of anilines is 1. The molecule has 0 aliphatic heterocycles. The van der Waals surface area contributed by atoms with Crippen LogP contribution in [0.5, 0.6) is 0 Å². The number of fused-ring (bicyclic) bond motifs is 1. The Kier molecular flexibility index (Phi) is 4.95. The summed E-state index contributed by atoms with van der Waals surface area (Å²) in [6.07, 6.45) is 3.60. The van der Waals surface area contributed by atoms with Gasteiger partial charge in [-0.3, -0.25) is 4.40 Å². The zero-order valence-electron chi connectivity index (χ0n) is 15.1. The number of halogens is 1. The number of hydrogen-bond donors (Lipinski definition) is 1. The van der Waals surface area contributed by atoms with Gasteiger partial charge in [0.05, 0.1) is 12.7 Å². The zero-order valence-corrected chi connectivity index (χ0v) is 15.8. The normalized spacial score (nSPS) is 10.8. The second-order valence-electron chi connectivity index (χ2n) is 6.11. The SMILES string of the molecule is COC(=O)c1ccc(-c2nc3ncccn3c2NCc2ccccc2Cl)cc1. The molecule has 0 saturated heterocycles. The molecule has 7 heteroatoms. The summed E-state index contributed by atoms with van der Waals surface area (Å²) in [6.45, 7) is 0.537. The van der Waals surface area contributed by atoms with Crippen molar-refractivity contribution in [3.8, 4) is 11.3 Å². The van der Waals surface area contributed by atoms with Gasteiger partial charge in [-0.25, -0.2) is 14.8 Å². The van der Waals surface area contributed by atoms with Crippen LogP contribution in [0.15, 0.2) is 67.0 Å². The minimum atomic E-state index is -0.375. The average Bonchev–Trinajstić information content (AvgIpc) is 3.11. The van der Waals surface area contributed by atoms with Crippen LogP contribution in [-0.4, -0.2) is 27.4 Å². The van der Waals surface area contributed by atoms with Gasteiger partial charge in [0.15, 0.2) is 0 Å². The van der Waals surface area contributed by atoms with Crippen LogP contribution in [0.25, 0.3) is 17.0 Å². The summed E-state index contributed by atoms with van der Waals surface area (Å²) in [6, 6.07) is 16.7. The van der Waals surface area contributed by atoms with Gasteiger partial charge in [-0.1, -0.05) is 41.9 Å². The van der Waals surface area contributed by atoms with Crippen molar-refractivity contribution in [2.24, 2.45) is 0 Å². The summed E-state index contributed by atoms with van der Waals surface area (Å²) >= 11 is 6.28. The molecule has 4 aromatic rings. The number of imidazole rings is 1. The van der Waals surface area contributed by atoms with Gasteiger partial charge in [0.2, 0.25) is 5.78 Å². The summed E-state index contributed by atoms with van der Waals surface area (Å²) in [4.78, 5) is 20.7. The highest BCUT2D eigenvalue weighted by Crippen LogP contribution is 2.29. The minimum absolute atomic E-state index is 0.375. The molecule has 0 aliphatic rings. The van der Waals surface area contributed by atoms with E-state index in [0.717, 1.165) is 22.6 Å². The molecule has 140 valence electrons. The number of carbonyl (C=O) groups is 1. The summed E-state index contributed by atoms with van der Waals surface area (Å²) < 4.78 is 6.65. The van der Waals surface area contributed by atoms with Crippen molar-refractivity contribution in [2.45, 2.75) is 6.54 Å². The number of hydrogen-bond acceptors (Lipinski definition) is 5. The van der Waals surface area contributed by atoms with Gasteiger partial charge in [0.25, 0.3) is 0 Å². The molecule has 0 atom stereocenters. The number of benzene rings is 2. The molecule has 0 fully saturated rings. The van der Waals surface area contributed by atoms with Crippen LogP contribution < -0.4 is 5.32 Å². The van der Waals surface area contributed by atoms with Crippen molar-refractivity contribution in [2.75, 3.05) is 12.4 Å². The smallest absolute Gasteiger partial charge is 0.337 e. The number of aromatic nitrogens is 3. The van der Waals surface area contributed by atoms with E-state index in [4.69, 9.17) is 16.3 Å². The van der Waals surface area contributed by atoms with Crippen molar-refractivity contribution in [3.63, 3.8) is 0 Å². The lowest BCUT2D eigenvalue weighted by Gasteiger charge is -2.10. The van der Waals surface area contributed by atoms with Gasteiger partial charge in [-0.2, -0.15) is 0 Å². The zero-order chi connectivity index (χ0) is 19.5. The monoisotopic (exact) mass is 392 g/mol. The first-order valence-electron chi connectivity index (χ1n) is 8.66. The summed E-state index contributed by atoms with van der Waals surface area (Å²) in [7, 11) is 1.36. The fourth-order valence-corrected chi connectivity index (χ4v) is 3.16. The third-order valence-corrected chi connectivity index (χ3v) is 4.76. The Morgan fingerprint density at radius 2 is 1.93 bits per heavy atom. The molecule has 28 heavy (non-hydrogen) atoms. The molecule has 0 amide bonds. The summed E-state index contributed by atoms with van der Waals surface area (Å²) in [5, 5.41) is 4.12. The van der Waals surface area contributed by atoms with E-state index in [2.05, 4.69) is 15.3 Å². The highest BCUT2D eigenvalue weighted by Gasteiger charge is 2.16. The van der Waals surface area contributed by atoms with Crippen LogP contribution in [0, 0.1) is 0 Å². The van der Waals surface area contributed by atoms with Crippen molar-refractivity contribution in [1.82, 2.24) is 14.4 Å². The molecule has 2 aromatic heterocycles. The van der Waals surface area contributed by atoms with Crippen LogP contribution in [0.3, 0.4) is 0 Å². The van der Waals surface area contributed by atoms with E-state index in [9.17, 15) is 4.79 Å². The Morgan fingerprint density at radius 1 is 1.14 bits per heavy atom. The molecule has 2 heterocycles. The number of carbonyl (C=O) groups excluding carboxylic acids is 1. The van der Waals surface area contributed by atoms with Crippen LogP contribution in [0.4, 0.5) is 5.82 Å². The standard InChI is InChI=1S/C21H17ClN4O2/c1-28-20(27)15-9-7-14(8-10-15)18-19(26-12-4-11-23-21(26)25-18)24-13-16-5-2-3-6-17(16)22/h2-12,24H,13H2,1H3. The molecule has 4 rings (SSSR count). The maximum absolute atomic E-state index is 11.7.